The Kier molecular flexibility index (Phi) is 4.89. The number of aromatic hydroxyl groups is 1. The number of nitrogens with one attached hydrogen (secondary N) is 1. The Morgan fingerprint density at radius 2 is 1.81 bits per heavy atom. The summed E-state index contributed by atoms with van der Waals surface area (Å²) in [7, 11) is -3.31. The van der Waals surface area contributed by atoms with Gasteiger partial charge in [-0.25, -0.2) is 8.42 Å². The Morgan fingerprint density at radius 3 is 2.38 bits per heavy atom. The van der Waals surface area contributed by atoms with Crippen LogP contribution in [0, 0.1) is 0 Å². The molecular weight excluding hydrogens is 250 g/mol. The largest absolute Gasteiger partial charge is 0.508 e. The lowest BCUT2D eigenvalue weighted by molar-refractivity contribution is 0.475. The van der Waals surface area contributed by atoms with Gasteiger partial charge in [0, 0.05) is 11.6 Å². The molecule has 0 radical (unpaired) electrons. The molecule has 0 aliphatic heterocycles. The van der Waals surface area contributed by atoms with Crippen LogP contribution < -0.4 is 4.72 Å². The van der Waals surface area contributed by atoms with Crippen molar-refractivity contribution in [3.05, 3.63) is 24.3 Å². The van der Waals surface area contributed by atoms with Crippen LogP contribution in [0.2, 0.25) is 0 Å². The maximum absolute atomic E-state index is 11.5. The highest BCUT2D eigenvalue weighted by Crippen LogP contribution is 2.15. The molecule has 1 rings (SSSR count). The highest BCUT2D eigenvalue weighted by molar-refractivity contribution is 7.92. The van der Waals surface area contributed by atoms with E-state index < -0.39 is 10.0 Å². The number of hydrogen-bond donors (Lipinski definition) is 2. The van der Waals surface area contributed by atoms with Crippen LogP contribution in [-0.4, -0.2) is 25.2 Å². The second-order valence-electron chi connectivity index (χ2n) is 3.36. The summed E-state index contributed by atoms with van der Waals surface area (Å²) in [5.41, 5.74) is 0.448. The zero-order valence-electron chi connectivity index (χ0n) is 8.69. The Bertz CT molecular complexity index is 416. The first-order valence-corrected chi connectivity index (χ1v) is 7.08. The molecule has 0 saturated heterocycles. The molecule has 0 aliphatic carbocycles. The van der Waals surface area contributed by atoms with E-state index in [2.05, 4.69) is 4.72 Å². The molecule has 6 heteroatoms. The van der Waals surface area contributed by atoms with Gasteiger partial charge in [-0.15, -0.1) is 11.6 Å². The molecule has 0 aliphatic rings. The molecule has 0 unspecified atom stereocenters. The minimum atomic E-state index is -3.31. The van der Waals surface area contributed by atoms with E-state index in [1.807, 2.05) is 0 Å². The number of hydrogen-bond acceptors (Lipinski definition) is 3. The summed E-state index contributed by atoms with van der Waals surface area (Å²) in [6.07, 6.45) is 1.22. The molecule has 0 heterocycles. The first kappa shape index (κ1) is 13.1. The van der Waals surface area contributed by atoms with Crippen LogP contribution in [-0.2, 0) is 10.0 Å². The number of alkyl halides is 1. The second kappa shape index (κ2) is 5.96. The zero-order chi connectivity index (χ0) is 12.0. The van der Waals surface area contributed by atoms with E-state index in [1.165, 1.54) is 24.3 Å². The fourth-order valence-electron chi connectivity index (χ4n) is 1.15. The van der Waals surface area contributed by atoms with E-state index in [1.54, 1.807) is 0 Å². The van der Waals surface area contributed by atoms with Crippen LogP contribution in [0.3, 0.4) is 0 Å². The van der Waals surface area contributed by atoms with Crippen molar-refractivity contribution in [1.29, 1.82) is 0 Å². The highest BCUT2D eigenvalue weighted by Gasteiger charge is 2.09. The van der Waals surface area contributed by atoms with Gasteiger partial charge in [-0.1, -0.05) is 0 Å². The lowest BCUT2D eigenvalue weighted by Gasteiger charge is -2.07. The summed E-state index contributed by atoms with van der Waals surface area (Å²) in [5.74, 6) is 0.625. The van der Waals surface area contributed by atoms with Crippen molar-refractivity contribution in [2.75, 3.05) is 16.4 Å². The van der Waals surface area contributed by atoms with Crippen LogP contribution in [0.1, 0.15) is 12.8 Å². The number of sulfonamides is 1. The third-order valence-corrected chi connectivity index (χ3v) is 3.58. The lowest BCUT2D eigenvalue weighted by Crippen LogP contribution is -2.16. The number of phenolic OH excluding ortho intramolecular Hbond substituents is 1. The van der Waals surface area contributed by atoms with Crippen LogP contribution >= 0.6 is 11.6 Å². The average Bonchev–Trinajstić information content (AvgIpc) is 2.21. The fourth-order valence-corrected chi connectivity index (χ4v) is 2.52. The Labute approximate surface area is 100 Å². The Morgan fingerprint density at radius 1 is 1.19 bits per heavy atom. The molecule has 1 aromatic carbocycles. The minimum absolute atomic E-state index is 0.0561. The highest BCUT2D eigenvalue weighted by atomic mass is 35.5. The predicted molar refractivity (Wildman–Crippen MR) is 65.5 cm³/mol. The lowest BCUT2D eigenvalue weighted by atomic mass is 10.3. The number of benzene rings is 1. The summed E-state index contributed by atoms with van der Waals surface area (Å²) in [6, 6.07) is 5.87. The van der Waals surface area contributed by atoms with Crippen molar-refractivity contribution in [2.45, 2.75) is 12.8 Å². The molecule has 0 aromatic heterocycles. The molecule has 0 fully saturated rings. The molecule has 1 aromatic rings. The summed E-state index contributed by atoms with van der Waals surface area (Å²) < 4.78 is 25.5. The van der Waals surface area contributed by atoms with Gasteiger partial charge >= 0.3 is 0 Å². The number of unbranched alkanes of at least 4 members (excludes halogenated alkanes) is 1. The Hall–Kier alpha value is -0.940. The van der Waals surface area contributed by atoms with E-state index >= 15 is 0 Å². The van der Waals surface area contributed by atoms with Gasteiger partial charge in [0.2, 0.25) is 10.0 Å². The number of halogens is 1. The van der Waals surface area contributed by atoms with Crippen molar-refractivity contribution in [3.63, 3.8) is 0 Å². The van der Waals surface area contributed by atoms with Gasteiger partial charge in [0.15, 0.2) is 0 Å². The van der Waals surface area contributed by atoms with E-state index in [-0.39, 0.29) is 11.5 Å². The van der Waals surface area contributed by atoms with Crippen molar-refractivity contribution < 1.29 is 13.5 Å². The maximum Gasteiger partial charge on any atom is 0.232 e. The van der Waals surface area contributed by atoms with Crippen molar-refractivity contribution >= 4 is 27.3 Å². The average molecular weight is 264 g/mol. The standard InChI is InChI=1S/C10H14ClNO3S/c11-7-1-2-8-16(14,15)12-9-3-5-10(13)6-4-9/h3-6,12-13H,1-2,7-8H2. The van der Waals surface area contributed by atoms with Gasteiger partial charge in [0.05, 0.1) is 5.75 Å². The number of phenols is 1. The number of anilines is 1. The van der Waals surface area contributed by atoms with E-state index in [9.17, 15) is 8.42 Å². The molecule has 90 valence electrons. The van der Waals surface area contributed by atoms with Crippen molar-refractivity contribution in [3.8, 4) is 5.75 Å². The zero-order valence-corrected chi connectivity index (χ0v) is 10.3. The van der Waals surface area contributed by atoms with Gasteiger partial charge in [0.1, 0.15) is 5.75 Å². The quantitative estimate of drug-likeness (QED) is 0.470. The van der Waals surface area contributed by atoms with E-state index in [0.717, 1.165) is 0 Å². The molecule has 0 atom stereocenters. The fraction of sp³-hybridized carbons (Fsp3) is 0.400. The normalized spacial score (nSPS) is 11.3. The van der Waals surface area contributed by atoms with Crippen molar-refractivity contribution in [1.82, 2.24) is 0 Å². The van der Waals surface area contributed by atoms with Crippen LogP contribution in [0.5, 0.6) is 5.75 Å². The summed E-state index contributed by atoms with van der Waals surface area (Å²) in [5, 5.41) is 9.04. The summed E-state index contributed by atoms with van der Waals surface area (Å²) in [6.45, 7) is 0. The molecule has 4 nitrogen and oxygen atoms in total. The summed E-state index contributed by atoms with van der Waals surface area (Å²) in [4.78, 5) is 0. The van der Waals surface area contributed by atoms with Gasteiger partial charge in [-0.05, 0) is 37.1 Å². The first-order valence-electron chi connectivity index (χ1n) is 4.89. The van der Waals surface area contributed by atoms with Gasteiger partial charge in [-0.3, -0.25) is 4.72 Å². The molecule has 0 amide bonds. The Balaban J connectivity index is 2.55. The van der Waals surface area contributed by atoms with Crippen LogP contribution in [0.15, 0.2) is 24.3 Å². The van der Waals surface area contributed by atoms with E-state index in [4.69, 9.17) is 16.7 Å². The number of rotatable bonds is 6. The van der Waals surface area contributed by atoms with Crippen molar-refractivity contribution in [2.24, 2.45) is 0 Å². The van der Waals surface area contributed by atoms with Gasteiger partial charge in [0.25, 0.3) is 0 Å². The predicted octanol–water partition coefficient (Wildman–Crippen LogP) is 2.15. The van der Waals surface area contributed by atoms with E-state index in [0.29, 0.717) is 24.4 Å². The third kappa shape index (κ3) is 4.72. The first-order chi connectivity index (χ1) is 7.53. The molecule has 0 saturated carbocycles. The molecule has 0 bridgehead atoms. The molecule has 0 spiro atoms. The maximum atomic E-state index is 11.5. The monoisotopic (exact) mass is 263 g/mol. The minimum Gasteiger partial charge on any atom is -0.508 e. The molecular formula is C10H14ClNO3S. The van der Waals surface area contributed by atoms with Crippen LogP contribution in [0.25, 0.3) is 0 Å². The van der Waals surface area contributed by atoms with Crippen LogP contribution in [0.4, 0.5) is 5.69 Å². The molecule has 16 heavy (non-hydrogen) atoms. The molecule has 2 N–H and O–H groups in total. The van der Waals surface area contributed by atoms with Gasteiger partial charge < -0.3 is 5.11 Å². The van der Waals surface area contributed by atoms with Gasteiger partial charge in [-0.2, -0.15) is 0 Å². The second-order valence-corrected chi connectivity index (χ2v) is 5.58. The third-order valence-electron chi connectivity index (χ3n) is 1.94. The SMILES string of the molecule is O=S(=O)(CCCCCl)Nc1ccc(O)cc1. The summed E-state index contributed by atoms with van der Waals surface area (Å²) >= 11 is 5.46. The smallest absolute Gasteiger partial charge is 0.232 e. The topological polar surface area (TPSA) is 66.4 Å².